The van der Waals surface area contributed by atoms with Crippen LogP contribution in [0.5, 0.6) is 0 Å². The van der Waals surface area contributed by atoms with Gasteiger partial charge in [0.15, 0.2) is 0 Å². The topological polar surface area (TPSA) is 42.9 Å². The first-order valence-electron chi connectivity index (χ1n) is 10.7. The number of alkyl halides is 3. The van der Waals surface area contributed by atoms with E-state index in [-0.39, 0.29) is 23.3 Å². The first-order chi connectivity index (χ1) is 15.7. The molecule has 11 heteroatoms. The van der Waals surface area contributed by atoms with E-state index in [2.05, 4.69) is 4.98 Å². The van der Waals surface area contributed by atoms with E-state index in [0.717, 1.165) is 12.3 Å². The lowest BCUT2D eigenvalue weighted by atomic mass is 10.2. The van der Waals surface area contributed by atoms with Crippen molar-refractivity contribution in [2.75, 3.05) is 68.7 Å². The van der Waals surface area contributed by atoms with E-state index in [4.69, 9.17) is 11.6 Å². The van der Waals surface area contributed by atoms with E-state index >= 15 is 0 Å². The third-order valence-electron chi connectivity index (χ3n) is 6.01. The van der Waals surface area contributed by atoms with Gasteiger partial charge in [0.05, 0.1) is 22.8 Å². The van der Waals surface area contributed by atoms with Gasteiger partial charge >= 0.3 is 6.18 Å². The fraction of sp³-hybridized carbons (Fsp3) is 0.455. The third-order valence-corrected chi connectivity index (χ3v) is 6.28. The molecule has 0 atom stereocenters. The molecule has 0 saturated carbocycles. The van der Waals surface area contributed by atoms with E-state index in [9.17, 15) is 22.4 Å². The van der Waals surface area contributed by atoms with Crippen LogP contribution >= 0.6 is 11.6 Å². The van der Waals surface area contributed by atoms with Gasteiger partial charge in [-0.15, -0.1) is 0 Å². The summed E-state index contributed by atoms with van der Waals surface area (Å²) in [5.41, 5.74) is -0.327. The van der Waals surface area contributed by atoms with Crippen molar-refractivity contribution in [1.29, 1.82) is 0 Å². The van der Waals surface area contributed by atoms with E-state index in [1.807, 2.05) is 14.7 Å². The van der Waals surface area contributed by atoms with E-state index < -0.39 is 11.7 Å². The molecule has 2 aromatic rings. The summed E-state index contributed by atoms with van der Waals surface area (Å²) in [5.74, 6) is 0.0695. The monoisotopic (exact) mass is 485 g/mol. The fourth-order valence-corrected chi connectivity index (χ4v) is 4.42. The van der Waals surface area contributed by atoms with Crippen LogP contribution in [0.4, 0.5) is 29.1 Å². The van der Waals surface area contributed by atoms with Crippen LogP contribution in [0, 0.1) is 5.82 Å². The average Bonchev–Trinajstić information content (AvgIpc) is 2.79. The molecule has 33 heavy (non-hydrogen) atoms. The summed E-state index contributed by atoms with van der Waals surface area (Å²) in [6, 6.07) is 7.51. The second-order valence-electron chi connectivity index (χ2n) is 8.11. The van der Waals surface area contributed by atoms with Crippen molar-refractivity contribution in [2.45, 2.75) is 6.18 Å². The van der Waals surface area contributed by atoms with Gasteiger partial charge in [-0.1, -0.05) is 23.7 Å². The summed E-state index contributed by atoms with van der Waals surface area (Å²) in [6.07, 6.45) is -3.70. The SMILES string of the molecule is O=C(CN1CCN(c2ncc(C(F)(F)F)cc2Cl)CC1)N1CCN(c2ccccc2F)CC1. The number of rotatable bonds is 4. The predicted molar refractivity (Wildman–Crippen MR) is 118 cm³/mol. The molecule has 2 fully saturated rings. The molecule has 1 aromatic heterocycles. The van der Waals surface area contributed by atoms with Gasteiger partial charge in [-0.3, -0.25) is 9.69 Å². The second kappa shape index (κ2) is 9.72. The molecule has 6 nitrogen and oxygen atoms in total. The average molecular weight is 486 g/mol. The Kier molecular flexibility index (Phi) is 6.94. The number of nitrogens with zero attached hydrogens (tertiary/aromatic N) is 5. The number of halogens is 5. The number of carbonyl (C=O) groups excluding carboxylic acids is 1. The van der Waals surface area contributed by atoms with Gasteiger partial charge in [-0.05, 0) is 18.2 Å². The highest BCUT2D eigenvalue weighted by atomic mass is 35.5. The molecule has 2 aliphatic heterocycles. The number of para-hydroxylation sites is 1. The second-order valence-corrected chi connectivity index (χ2v) is 8.52. The van der Waals surface area contributed by atoms with Crippen LogP contribution in [-0.4, -0.2) is 79.6 Å². The molecule has 1 aromatic carbocycles. The first-order valence-corrected chi connectivity index (χ1v) is 11.1. The maximum absolute atomic E-state index is 14.0. The summed E-state index contributed by atoms with van der Waals surface area (Å²) < 4.78 is 52.5. The Morgan fingerprint density at radius 2 is 1.61 bits per heavy atom. The number of amides is 1. The van der Waals surface area contributed by atoms with Crippen molar-refractivity contribution in [3.05, 3.63) is 52.9 Å². The Labute approximate surface area is 194 Å². The smallest absolute Gasteiger partial charge is 0.366 e. The maximum atomic E-state index is 14.0. The largest absolute Gasteiger partial charge is 0.417 e. The van der Waals surface area contributed by atoms with Gasteiger partial charge < -0.3 is 14.7 Å². The lowest BCUT2D eigenvalue weighted by Gasteiger charge is -2.39. The normalized spacial score (nSPS) is 18.0. The Balaban J connectivity index is 1.26. The molecule has 0 radical (unpaired) electrons. The highest BCUT2D eigenvalue weighted by Gasteiger charge is 2.32. The van der Waals surface area contributed by atoms with Crippen molar-refractivity contribution in [2.24, 2.45) is 0 Å². The minimum absolute atomic E-state index is 0.0160. The zero-order chi connectivity index (χ0) is 23.6. The zero-order valence-electron chi connectivity index (χ0n) is 17.9. The summed E-state index contributed by atoms with van der Waals surface area (Å²) in [5, 5.41) is -0.0397. The molecule has 1 amide bonds. The minimum Gasteiger partial charge on any atom is -0.366 e. The summed E-state index contributed by atoms with van der Waals surface area (Å²) in [6.45, 7) is 4.61. The maximum Gasteiger partial charge on any atom is 0.417 e. The van der Waals surface area contributed by atoms with Gasteiger partial charge in [0.25, 0.3) is 0 Å². The molecular weight excluding hydrogens is 462 g/mol. The van der Waals surface area contributed by atoms with E-state index in [1.54, 1.807) is 23.1 Å². The van der Waals surface area contributed by atoms with Crippen molar-refractivity contribution in [1.82, 2.24) is 14.8 Å². The van der Waals surface area contributed by atoms with Crippen LogP contribution in [0.2, 0.25) is 5.02 Å². The van der Waals surface area contributed by atoms with E-state index in [0.29, 0.717) is 63.9 Å². The number of benzene rings is 1. The Morgan fingerprint density at radius 3 is 2.21 bits per heavy atom. The highest BCUT2D eigenvalue weighted by molar-refractivity contribution is 6.33. The fourth-order valence-electron chi connectivity index (χ4n) is 4.13. The number of hydrogen-bond acceptors (Lipinski definition) is 5. The summed E-state index contributed by atoms with van der Waals surface area (Å²) >= 11 is 6.05. The number of hydrogen-bond donors (Lipinski definition) is 0. The molecule has 0 bridgehead atoms. The minimum atomic E-state index is -4.49. The number of aromatic nitrogens is 1. The predicted octanol–water partition coefficient (Wildman–Crippen LogP) is 3.36. The van der Waals surface area contributed by atoms with Crippen LogP contribution in [-0.2, 0) is 11.0 Å². The van der Waals surface area contributed by atoms with Crippen molar-refractivity contribution < 1.29 is 22.4 Å². The van der Waals surface area contributed by atoms with Crippen LogP contribution in [0.15, 0.2) is 36.5 Å². The van der Waals surface area contributed by atoms with Crippen LogP contribution < -0.4 is 9.80 Å². The van der Waals surface area contributed by atoms with Crippen LogP contribution in [0.1, 0.15) is 5.56 Å². The number of pyridine rings is 1. The summed E-state index contributed by atoms with van der Waals surface area (Å²) in [4.78, 5) is 24.2. The van der Waals surface area contributed by atoms with Crippen LogP contribution in [0.3, 0.4) is 0 Å². The molecular formula is C22H24ClF4N5O. The molecule has 0 N–H and O–H groups in total. The number of anilines is 2. The Bertz CT molecular complexity index is 989. The molecule has 3 heterocycles. The molecule has 0 unspecified atom stereocenters. The van der Waals surface area contributed by atoms with Gasteiger partial charge in [0, 0.05) is 58.6 Å². The number of piperazine rings is 2. The lowest BCUT2D eigenvalue weighted by Crippen LogP contribution is -2.54. The molecule has 0 aliphatic carbocycles. The molecule has 178 valence electrons. The van der Waals surface area contributed by atoms with Crippen LogP contribution in [0.25, 0.3) is 0 Å². The number of carbonyl (C=O) groups is 1. The van der Waals surface area contributed by atoms with E-state index in [1.165, 1.54) is 6.07 Å². The quantitative estimate of drug-likeness (QED) is 0.621. The first kappa shape index (κ1) is 23.6. The van der Waals surface area contributed by atoms with Crippen molar-refractivity contribution in [3.63, 3.8) is 0 Å². The Hall–Kier alpha value is -2.59. The molecule has 4 rings (SSSR count). The summed E-state index contributed by atoms with van der Waals surface area (Å²) in [7, 11) is 0. The highest BCUT2D eigenvalue weighted by Crippen LogP contribution is 2.33. The molecule has 0 spiro atoms. The molecule has 2 saturated heterocycles. The van der Waals surface area contributed by atoms with Gasteiger partial charge in [0.1, 0.15) is 11.6 Å². The lowest BCUT2D eigenvalue weighted by molar-refractivity contribution is -0.137. The van der Waals surface area contributed by atoms with Gasteiger partial charge in [0.2, 0.25) is 5.91 Å². The van der Waals surface area contributed by atoms with Gasteiger partial charge in [-0.25, -0.2) is 9.37 Å². The molecule has 2 aliphatic rings. The third kappa shape index (κ3) is 5.50. The Morgan fingerprint density at radius 1 is 0.970 bits per heavy atom. The van der Waals surface area contributed by atoms with Crippen molar-refractivity contribution >= 4 is 29.0 Å². The zero-order valence-corrected chi connectivity index (χ0v) is 18.6. The standard InChI is InChI=1S/C22H24ClF4N5O/c23-17-13-16(22(25,26)27)14-28-21(17)32-7-5-29(6-8-32)15-20(33)31-11-9-30(10-12-31)19-4-2-1-3-18(19)24/h1-4,13-14H,5-12,15H2. The van der Waals surface area contributed by atoms with Gasteiger partial charge in [-0.2, -0.15) is 13.2 Å². The van der Waals surface area contributed by atoms with Crippen molar-refractivity contribution in [3.8, 4) is 0 Å².